The van der Waals surface area contributed by atoms with E-state index in [0.29, 0.717) is 13.2 Å². The van der Waals surface area contributed by atoms with Crippen molar-refractivity contribution in [2.75, 3.05) is 6.54 Å². The lowest BCUT2D eigenvalue weighted by molar-refractivity contribution is 0.0920. The topological polar surface area (TPSA) is 34.4 Å². The third-order valence-corrected chi connectivity index (χ3v) is 3.09. The Hall–Kier alpha value is -1.29. The summed E-state index contributed by atoms with van der Waals surface area (Å²) in [4.78, 5) is 0. The smallest absolute Gasteiger partial charge is 0.129 e. The molecule has 0 fully saturated rings. The Kier molecular flexibility index (Phi) is 5.45. The van der Waals surface area contributed by atoms with Crippen LogP contribution in [0, 0.1) is 0 Å². The number of halogens is 1. The Morgan fingerprint density at radius 2 is 1.89 bits per heavy atom. The summed E-state index contributed by atoms with van der Waals surface area (Å²) in [5, 5.41) is 3.95. The van der Waals surface area contributed by atoms with E-state index in [2.05, 4.69) is 12.2 Å². The first-order chi connectivity index (χ1) is 9.29. The lowest BCUT2D eigenvalue weighted by atomic mass is 10.2. The Labute approximate surface area is 118 Å². The van der Waals surface area contributed by atoms with Crippen molar-refractivity contribution in [3.05, 3.63) is 58.5 Å². The molecule has 0 aliphatic rings. The Morgan fingerprint density at radius 3 is 2.68 bits per heavy atom. The zero-order valence-electron chi connectivity index (χ0n) is 11.0. The fourth-order valence-electron chi connectivity index (χ4n) is 1.72. The molecule has 1 aromatic heterocycles. The first-order valence-electron chi connectivity index (χ1n) is 6.39. The average Bonchev–Trinajstić information content (AvgIpc) is 2.86. The molecule has 2 aromatic rings. The molecule has 0 unspecified atom stereocenters. The van der Waals surface area contributed by atoms with Gasteiger partial charge in [0.05, 0.1) is 13.2 Å². The van der Waals surface area contributed by atoms with Crippen LogP contribution in [-0.2, 0) is 24.5 Å². The summed E-state index contributed by atoms with van der Waals surface area (Å²) < 4.78 is 11.2. The number of hydrogen-bond acceptors (Lipinski definition) is 3. The minimum Gasteiger partial charge on any atom is -0.462 e. The summed E-state index contributed by atoms with van der Waals surface area (Å²) in [7, 11) is 0. The molecular weight excluding hydrogens is 262 g/mol. The molecule has 0 saturated carbocycles. The molecule has 0 radical (unpaired) electrons. The van der Waals surface area contributed by atoms with Gasteiger partial charge in [0, 0.05) is 5.02 Å². The minimum atomic E-state index is 0.456. The van der Waals surface area contributed by atoms with Crippen LogP contribution in [0.15, 0.2) is 40.8 Å². The molecule has 0 bridgehead atoms. The lowest BCUT2D eigenvalue weighted by Gasteiger charge is -2.04. The molecule has 19 heavy (non-hydrogen) atoms. The van der Waals surface area contributed by atoms with E-state index in [-0.39, 0.29) is 0 Å². The second kappa shape index (κ2) is 7.34. The third kappa shape index (κ3) is 4.39. The molecule has 0 aliphatic heterocycles. The SMILES string of the molecule is CCNCc1ccc(COCc2ccccc2Cl)o1. The van der Waals surface area contributed by atoms with E-state index in [1.165, 1.54) is 0 Å². The summed E-state index contributed by atoms with van der Waals surface area (Å²) in [5.74, 6) is 1.76. The van der Waals surface area contributed by atoms with Crippen LogP contribution < -0.4 is 5.32 Å². The van der Waals surface area contributed by atoms with Crippen molar-refractivity contribution < 1.29 is 9.15 Å². The van der Waals surface area contributed by atoms with Gasteiger partial charge in [0.15, 0.2) is 0 Å². The molecule has 1 aromatic carbocycles. The van der Waals surface area contributed by atoms with Gasteiger partial charge in [-0.2, -0.15) is 0 Å². The van der Waals surface area contributed by atoms with Crippen LogP contribution in [0.2, 0.25) is 5.02 Å². The van der Waals surface area contributed by atoms with Gasteiger partial charge in [0.2, 0.25) is 0 Å². The quantitative estimate of drug-likeness (QED) is 0.838. The van der Waals surface area contributed by atoms with Gasteiger partial charge in [-0.1, -0.05) is 36.7 Å². The number of hydrogen-bond donors (Lipinski definition) is 1. The second-order valence-corrected chi connectivity index (χ2v) is 4.64. The first-order valence-corrected chi connectivity index (χ1v) is 6.77. The average molecular weight is 280 g/mol. The number of nitrogens with one attached hydrogen (secondary N) is 1. The van der Waals surface area contributed by atoms with Crippen LogP contribution >= 0.6 is 11.6 Å². The van der Waals surface area contributed by atoms with E-state index >= 15 is 0 Å². The summed E-state index contributed by atoms with van der Waals surface area (Å²) in [6.45, 7) is 4.69. The second-order valence-electron chi connectivity index (χ2n) is 4.23. The fourth-order valence-corrected chi connectivity index (χ4v) is 1.91. The Bertz CT molecular complexity index is 510. The zero-order valence-corrected chi connectivity index (χ0v) is 11.7. The molecular formula is C15H18ClNO2. The largest absolute Gasteiger partial charge is 0.462 e. The summed E-state index contributed by atoms with van der Waals surface area (Å²) in [6.07, 6.45) is 0. The van der Waals surface area contributed by atoms with Crippen molar-refractivity contribution in [3.8, 4) is 0 Å². The number of furan rings is 1. The van der Waals surface area contributed by atoms with E-state index in [0.717, 1.165) is 35.2 Å². The molecule has 1 N–H and O–H groups in total. The predicted octanol–water partition coefficient (Wildman–Crippen LogP) is 3.76. The predicted molar refractivity (Wildman–Crippen MR) is 76.0 cm³/mol. The number of rotatable bonds is 7. The van der Waals surface area contributed by atoms with Crippen molar-refractivity contribution in [3.63, 3.8) is 0 Å². The highest BCUT2D eigenvalue weighted by Gasteiger charge is 2.03. The Morgan fingerprint density at radius 1 is 1.11 bits per heavy atom. The zero-order chi connectivity index (χ0) is 13.5. The maximum atomic E-state index is 6.06. The van der Waals surface area contributed by atoms with Crippen molar-refractivity contribution >= 4 is 11.6 Å². The van der Waals surface area contributed by atoms with Crippen LogP contribution in [0.4, 0.5) is 0 Å². The third-order valence-electron chi connectivity index (χ3n) is 2.73. The van der Waals surface area contributed by atoms with Crippen LogP contribution in [0.25, 0.3) is 0 Å². The molecule has 0 atom stereocenters. The molecule has 0 saturated heterocycles. The molecule has 0 aliphatic carbocycles. The van der Waals surface area contributed by atoms with Gasteiger partial charge < -0.3 is 14.5 Å². The van der Waals surface area contributed by atoms with E-state index in [1.807, 2.05) is 36.4 Å². The highest BCUT2D eigenvalue weighted by atomic mass is 35.5. The maximum absolute atomic E-state index is 6.06. The van der Waals surface area contributed by atoms with E-state index in [4.69, 9.17) is 20.8 Å². The highest BCUT2D eigenvalue weighted by Crippen LogP contribution is 2.17. The van der Waals surface area contributed by atoms with E-state index in [9.17, 15) is 0 Å². The van der Waals surface area contributed by atoms with Gasteiger partial charge in [-0.3, -0.25) is 0 Å². The summed E-state index contributed by atoms with van der Waals surface area (Å²) in [6, 6.07) is 11.6. The Balaban J connectivity index is 1.79. The molecule has 3 nitrogen and oxygen atoms in total. The molecule has 0 amide bonds. The van der Waals surface area contributed by atoms with Gasteiger partial charge in [-0.05, 0) is 30.3 Å². The van der Waals surface area contributed by atoms with Gasteiger partial charge in [0.1, 0.15) is 18.1 Å². The fraction of sp³-hybridized carbons (Fsp3) is 0.333. The first kappa shape index (κ1) is 14.1. The van der Waals surface area contributed by atoms with Crippen LogP contribution in [-0.4, -0.2) is 6.54 Å². The van der Waals surface area contributed by atoms with E-state index < -0.39 is 0 Å². The van der Waals surface area contributed by atoms with Gasteiger partial charge >= 0.3 is 0 Å². The molecule has 4 heteroatoms. The van der Waals surface area contributed by atoms with Crippen LogP contribution in [0.1, 0.15) is 24.0 Å². The van der Waals surface area contributed by atoms with Gasteiger partial charge in [-0.15, -0.1) is 0 Å². The van der Waals surface area contributed by atoms with Crippen LogP contribution in [0.3, 0.4) is 0 Å². The van der Waals surface area contributed by atoms with Crippen LogP contribution in [0.5, 0.6) is 0 Å². The highest BCUT2D eigenvalue weighted by molar-refractivity contribution is 6.31. The van der Waals surface area contributed by atoms with Crippen molar-refractivity contribution in [2.45, 2.75) is 26.7 Å². The minimum absolute atomic E-state index is 0.456. The van der Waals surface area contributed by atoms with E-state index in [1.54, 1.807) is 0 Å². The van der Waals surface area contributed by atoms with Crippen molar-refractivity contribution in [2.24, 2.45) is 0 Å². The maximum Gasteiger partial charge on any atom is 0.129 e. The standard InChI is InChI=1S/C15H18ClNO2/c1-2-17-9-13-7-8-14(19-13)11-18-10-12-5-3-4-6-15(12)16/h3-8,17H,2,9-11H2,1H3. The summed E-state index contributed by atoms with van der Waals surface area (Å²) >= 11 is 6.06. The molecule has 2 rings (SSSR count). The van der Waals surface area contributed by atoms with Crippen molar-refractivity contribution in [1.29, 1.82) is 0 Å². The summed E-state index contributed by atoms with van der Waals surface area (Å²) in [5.41, 5.74) is 0.989. The van der Waals surface area contributed by atoms with Gasteiger partial charge in [0.25, 0.3) is 0 Å². The molecule has 0 spiro atoms. The molecule has 1 heterocycles. The van der Waals surface area contributed by atoms with Gasteiger partial charge in [-0.25, -0.2) is 0 Å². The number of ether oxygens (including phenoxy) is 1. The lowest BCUT2D eigenvalue weighted by Crippen LogP contribution is -2.10. The normalized spacial score (nSPS) is 10.8. The molecule has 102 valence electrons. The van der Waals surface area contributed by atoms with Crippen molar-refractivity contribution in [1.82, 2.24) is 5.32 Å². The monoisotopic (exact) mass is 279 g/mol. The number of benzene rings is 1.